The minimum Gasteiger partial charge on any atom is -0.306 e. The van der Waals surface area contributed by atoms with E-state index in [1.54, 1.807) is 6.07 Å². The van der Waals surface area contributed by atoms with Gasteiger partial charge in [-0.15, -0.1) is 0 Å². The summed E-state index contributed by atoms with van der Waals surface area (Å²) in [5.74, 6) is 0. The van der Waals surface area contributed by atoms with Crippen LogP contribution in [0.1, 0.15) is 13.8 Å². The molecule has 0 fully saturated rings. The van der Waals surface area contributed by atoms with Crippen molar-refractivity contribution in [3.8, 4) is 0 Å². The minimum atomic E-state index is -4.42. The topological polar surface area (TPSA) is 69.7 Å². The third kappa shape index (κ3) is 3.63. The fourth-order valence-corrected chi connectivity index (χ4v) is 5.29. The van der Waals surface area contributed by atoms with Gasteiger partial charge >= 0.3 is 12.8 Å². The minimum absolute atomic E-state index is 0.109. The molecule has 5 nitrogen and oxygen atoms in total. The largest absolute Gasteiger partial charge is 0.380 e. The average molecular weight is 310 g/mol. The molecule has 0 spiro atoms. The van der Waals surface area contributed by atoms with Crippen LogP contribution in [0.5, 0.6) is 0 Å². The number of halogens is 1. The molecule has 0 aromatic heterocycles. The molecule has 0 saturated carbocycles. The molecule has 0 amide bonds. The zero-order chi connectivity index (χ0) is 14.5. The summed E-state index contributed by atoms with van der Waals surface area (Å²) in [5, 5.41) is -2.73. The van der Waals surface area contributed by atoms with Crippen LogP contribution < -0.4 is 0 Å². The van der Waals surface area contributed by atoms with Gasteiger partial charge in [-0.3, -0.25) is 4.57 Å². The number of hydrogen-bond donors (Lipinski definition) is 0. The van der Waals surface area contributed by atoms with Gasteiger partial charge in [-0.2, -0.15) is 0 Å². The third-order valence-electron chi connectivity index (χ3n) is 2.19. The molecule has 0 saturated heterocycles. The van der Waals surface area contributed by atoms with Crippen LogP contribution in [0.25, 0.3) is 0 Å². The molecule has 1 unspecified atom stereocenters. The summed E-state index contributed by atoms with van der Waals surface area (Å²) >= 11 is 0. The van der Waals surface area contributed by atoms with E-state index in [1.807, 2.05) is 0 Å². The van der Waals surface area contributed by atoms with Crippen molar-refractivity contribution < 1.29 is 26.4 Å². The van der Waals surface area contributed by atoms with Crippen LogP contribution in [0, 0.1) is 0 Å². The van der Waals surface area contributed by atoms with Gasteiger partial charge in [0, 0.05) is 0 Å². The predicted octanol–water partition coefficient (Wildman–Crippen LogP) is 2.98. The highest BCUT2D eigenvalue weighted by atomic mass is 32.2. The number of rotatable bonds is 7. The molecular weight excluding hydrogens is 294 g/mol. The second-order valence-electron chi connectivity index (χ2n) is 3.53. The van der Waals surface area contributed by atoms with Gasteiger partial charge in [0.15, 0.2) is 0 Å². The van der Waals surface area contributed by atoms with Gasteiger partial charge in [0.1, 0.15) is 0 Å². The quantitative estimate of drug-likeness (QED) is 0.724. The average Bonchev–Trinajstić information content (AvgIpc) is 2.39. The van der Waals surface area contributed by atoms with Crippen molar-refractivity contribution in [2.24, 2.45) is 0 Å². The highest BCUT2D eigenvalue weighted by Gasteiger charge is 2.46. The van der Waals surface area contributed by atoms with Crippen LogP contribution >= 0.6 is 7.60 Å². The van der Waals surface area contributed by atoms with Crippen LogP contribution in [0.3, 0.4) is 0 Å². The Morgan fingerprint density at radius 2 is 1.63 bits per heavy atom. The van der Waals surface area contributed by atoms with Crippen LogP contribution in [0.15, 0.2) is 35.2 Å². The molecule has 0 radical (unpaired) electrons. The molecule has 1 aromatic carbocycles. The van der Waals surface area contributed by atoms with Crippen molar-refractivity contribution >= 4 is 17.4 Å². The monoisotopic (exact) mass is 310 g/mol. The first-order valence-electron chi connectivity index (χ1n) is 5.70. The molecule has 0 bridgehead atoms. The molecule has 19 heavy (non-hydrogen) atoms. The van der Waals surface area contributed by atoms with Gasteiger partial charge in [0.25, 0.3) is 0 Å². The van der Waals surface area contributed by atoms with Gasteiger partial charge in [0.2, 0.25) is 9.84 Å². The van der Waals surface area contributed by atoms with Crippen LogP contribution in [0.4, 0.5) is 4.39 Å². The van der Waals surface area contributed by atoms with E-state index in [9.17, 15) is 17.4 Å². The van der Waals surface area contributed by atoms with Gasteiger partial charge in [0.05, 0.1) is 18.1 Å². The maximum Gasteiger partial charge on any atom is 0.380 e. The Hall–Kier alpha value is -0.750. The van der Waals surface area contributed by atoms with Crippen molar-refractivity contribution in [3.05, 3.63) is 30.3 Å². The van der Waals surface area contributed by atoms with E-state index in [-0.39, 0.29) is 18.1 Å². The molecule has 8 heteroatoms. The summed E-state index contributed by atoms with van der Waals surface area (Å²) in [6.45, 7) is 2.74. The fraction of sp³-hybridized carbons (Fsp3) is 0.455. The molecule has 0 aliphatic rings. The van der Waals surface area contributed by atoms with Crippen molar-refractivity contribution in [1.29, 1.82) is 0 Å². The summed E-state index contributed by atoms with van der Waals surface area (Å²) in [4.78, 5) is -0.262. The van der Waals surface area contributed by atoms with E-state index < -0.39 is 22.7 Å². The highest BCUT2D eigenvalue weighted by Crippen LogP contribution is 2.56. The molecule has 1 aromatic rings. The Bertz CT molecular complexity index is 535. The summed E-state index contributed by atoms with van der Waals surface area (Å²) in [7, 11) is -8.77. The zero-order valence-electron chi connectivity index (χ0n) is 10.7. The number of alkyl halides is 1. The van der Waals surface area contributed by atoms with E-state index in [1.165, 1.54) is 38.1 Å². The second-order valence-corrected chi connectivity index (χ2v) is 7.90. The second kappa shape index (κ2) is 6.61. The number of hydrogen-bond acceptors (Lipinski definition) is 5. The first kappa shape index (κ1) is 16.3. The highest BCUT2D eigenvalue weighted by molar-refractivity contribution is 7.98. The normalized spacial score (nSPS) is 14.3. The molecular formula is C11H16FO5PS. The zero-order valence-corrected chi connectivity index (χ0v) is 12.4. The van der Waals surface area contributed by atoms with Crippen LogP contribution in [-0.2, 0) is 23.4 Å². The molecule has 0 aliphatic heterocycles. The third-order valence-corrected chi connectivity index (χ3v) is 6.98. The lowest BCUT2D eigenvalue weighted by molar-refractivity contribution is 0.203. The lowest BCUT2D eigenvalue weighted by Gasteiger charge is -2.20. The summed E-state index contributed by atoms with van der Waals surface area (Å²) in [5.41, 5.74) is 0. The fourth-order valence-electron chi connectivity index (χ4n) is 1.41. The van der Waals surface area contributed by atoms with Crippen molar-refractivity contribution in [1.82, 2.24) is 0 Å². The van der Waals surface area contributed by atoms with Crippen LogP contribution in [-0.4, -0.2) is 26.9 Å². The van der Waals surface area contributed by atoms with Gasteiger partial charge in [-0.1, -0.05) is 18.2 Å². The smallest absolute Gasteiger partial charge is 0.306 e. The molecule has 1 atom stereocenters. The van der Waals surface area contributed by atoms with Gasteiger partial charge in [-0.05, 0) is 26.0 Å². The summed E-state index contributed by atoms with van der Waals surface area (Å²) in [6.07, 6.45) is 0. The van der Waals surface area contributed by atoms with Crippen molar-refractivity contribution in [2.45, 2.75) is 24.0 Å². The standard InChI is InChI=1S/C11H16FO5PS/c1-3-16-18(13,17-4-2)11(12)19(14,15)10-8-6-5-7-9-10/h5-9,11H,3-4H2,1-2H3. The van der Waals surface area contributed by atoms with E-state index >= 15 is 0 Å². The van der Waals surface area contributed by atoms with Crippen molar-refractivity contribution in [3.63, 3.8) is 0 Å². The SMILES string of the molecule is CCOP(=O)(OCC)C(F)S(=O)(=O)c1ccccc1. The summed E-state index contributed by atoms with van der Waals surface area (Å²) < 4.78 is 59.8. The number of benzene rings is 1. The van der Waals surface area contributed by atoms with Crippen molar-refractivity contribution in [2.75, 3.05) is 13.2 Å². The Kier molecular flexibility index (Phi) is 5.67. The molecule has 0 aliphatic carbocycles. The molecule has 0 N–H and O–H groups in total. The van der Waals surface area contributed by atoms with E-state index in [0.717, 1.165) is 0 Å². The van der Waals surface area contributed by atoms with Gasteiger partial charge < -0.3 is 9.05 Å². The Balaban J connectivity index is 3.16. The maximum atomic E-state index is 14.2. The van der Waals surface area contributed by atoms with E-state index in [2.05, 4.69) is 0 Å². The number of sulfone groups is 1. The molecule has 0 heterocycles. The first-order valence-corrected chi connectivity index (χ1v) is 8.86. The first-order chi connectivity index (χ1) is 8.88. The predicted molar refractivity (Wildman–Crippen MR) is 69.4 cm³/mol. The lowest BCUT2D eigenvalue weighted by atomic mass is 10.4. The van der Waals surface area contributed by atoms with E-state index in [0.29, 0.717) is 0 Å². The maximum absolute atomic E-state index is 14.2. The Morgan fingerprint density at radius 1 is 1.16 bits per heavy atom. The Morgan fingerprint density at radius 3 is 2.05 bits per heavy atom. The molecule has 1 rings (SSSR count). The van der Waals surface area contributed by atoms with Crippen LogP contribution in [0.2, 0.25) is 0 Å². The lowest BCUT2D eigenvalue weighted by Crippen LogP contribution is -2.20. The Labute approximate surface area is 112 Å². The summed E-state index contributed by atoms with van der Waals surface area (Å²) in [6, 6.07) is 6.95. The van der Waals surface area contributed by atoms with Gasteiger partial charge in [-0.25, -0.2) is 12.8 Å². The van der Waals surface area contributed by atoms with E-state index in [4.69, 9.17) is 9.05 Å². The molecule has 108 valence electrons.